The van der Waals surface area contributed by atoms with Crippen LogP contribution >= 0.6 is 11.6 Å². The van der Waals surface area contributed by atoms with Crippen molar-refractivity contribution < 1.29 is 9.90 Å². The van der Waals surface area contributed by atoms with Gasteiger partial charge >= 0.3 is 5.97 Å². The molecule has 0 bridgehead atoms. The minimum Gasteiger partial charge on any atom is -0.481 e. The van der Waals surface area contributed by atoms with Gasteiger partial charge < -0.3 is 5.11 Å². The zero-order valence-corrected chi connectivity index (χ0v) is 8.30. The number of aryl methyl sites for hydroxylation is 1. The van der Waals surface area contributed by atoms with Gasteiger partial charge in [-0.3, -0.25) is 4.79 Å². The molecule has 1 aromatic carbocycles. The predicted molar refractivity (Wildman–Crippen MR) is 52.2 cm³/mol. The van der Waals surface area contributed by atoms with Gasteiger partial charge in [0.25, 0.3) is 0 Å². The molecule has 1 atom stereocenters. The summed E-state index contributed by atoms with van der Waals surface area (Å²) in [6, 6.07) is 5.39. The maximum absolute atomic E-state index is 10.7. The van der Waals surface area contributed by atoms with Crippen molar-refractivity contribution in [3.05, 3.63) is 34.3 Å². The van der Waals surface area contributed by atoms with E-state index < -0.39 is 11.9 Å². The van der Waals surface area contributed by atoms with Crippen molar-refractivity contribution in [2.45, 2.75) is 19.8 Å². The molecule has 70 valence electrons. The van der Waals surface area contributed by atoms with Gasteiger partial charge in [-0.1, -0.05) is 23.7 Å². The number of halogens is 1. The number of carboxylic acids is 1. The van der Waals surface area contributed by atoms with Gasteiger partial charge in [0.05, 0.1) is 5.92 Å². The smallest absolute Gasteiger partial charge is 0.310 e. The van der Waals surface area contributed by atoms with E-state index in [0.717, 1.165) is 5.56 Å². The molecule has 1 unspecified atom stereocenters. The van der Waals surface area contributed by atoms with E-state index in [-0.39, 0.29) is 0 Å². The van der Waals surface area contributed by atoms with Crippen molar-refractivity contribution in [3.8, 4) is 0 Å². The number of rotatable bonds is 2. The fourth-order valence-corrected chi connectivity index (χ4v) is 1.70. The highest BCUT2D eigenvalue weighted by Gasteiger charge is 2.18. The molecule has 0 spiro atoms. The Morgan fingerprint density at radius 1 is 1.54 bits per heavy atom. The van der Waals surface area contributed by atoms with E-state index >= 15 is 0 Å². The topological polar surface area (TPSA) is 37.3 Å². The molecule has 0 aromatic heterocycles. The van der Waals surface area contributed by atoms with Gasteiger partial charge in [0, 0.05) is 5.02 Å². The summed E-state index contributed by atoms with van der Waals surface area (Å²) < 4.78 is 0. The first-order chi connectivity index (χ1) is 6.04. The van der Waals surface area contributed by atoms with Gasteiger partial charge in [0.15, 0.2) is 0 Å². The first-order valence-corrected chi connectivity index (χ1v) is 4.39. The summed E-state index contributed by atoms with van der Waals surface area (Å²) in [5.74, 6) is -1.40. The molecular weight excluding hydrogens is 188 g/mol. The Bertz CT molecular complexity index is 313. The maximum atomic E-state index is 10.7. The van der Waals surface area contributed by atoms with E-state index in [9.17, 15) is 4.79 Å². The number of benzene rings is 1. The van der Waals surface area contributed by atoms with E-state index in [1.165, 1.54) is 0 Å². The number of carboxylic acid groups (broad SMARTS) is 1. The molecule has 1 rings (SSSR count). The third kappa shape index (κ3) is 2.01. The monoisotopic (exact) mass is 198 g/mol. The van der Waals surface area contributed by atoms with Crippen LogP contribution in [-0.4, -0.2) is 11.1 Å². The Morgan fingerprint density at radius 3 is 2.62 bits per heavy atom. The molecule has 0 heterocycles. The quantitative estimate of drug-likeness (QED) is 0.794. The zero-order valence-electron chi connectivity index (χ0n) is 7.54. The summed E-state index contributed by atoms with van der Waals surface area (Å²) in [4.78, 5) is 10.7. The summed E-state index contributed by atoms with van der Waals surface area (Å²) in [5.41, 5.74) is 1.62. The Morgan fingerprint density at radius 2 is 2.15 bits per heavy atom. The molecule has 0 aliphatic carbocycles. The normalized spacial score (nSPS) is 12.5. The molecule has 0 saturated carbocycles. The van der Waals surface area contributed by atoms with Crippen LogP contribution in [0.3, 0.4) is 0 Å². The number of aliphatic carboxylic acids is 1. The number of hydrogen-bond donors (Lipinski definition) is 1. The molecule has 3 heteroatoms. The minimum atomic E-state index is -0.851. The lowest BCUT2D eigenvalue weighted by atomic mass is 9.97. The zero-order chi connectivity index (χ0) is 10.0. The lowest BCUT2D eigenvalue weighted by Gasteiger charge is -2.11. The highest BCUT2D eigenvalue weighted by Crippen LogP contribution is 2.27. The van der Waals surface area contributed by atoms with Crippen LogP contribution in [0, 0.1) is 6.92 Å². The highest BCUT2D eigenvalue weighted by atomic mass is 35.5. The largest absolute Gasteiger partial charge is 0.481 e. The summed E-state index contributed by atoms with van der Waals surface area (Å²) in [6.07, 6.45) is 0. The molecule has 0 aliphatic rings. The van der Waals surface area contributed by atoms with Crippen LogP contribution in [0.2, 0.25) is 5.02 Å². The summed E-state index contributed by atoms with van der Waals surface area (Å²) in [7, 11) is 0. The molecule has 2 nitrogen and oxygen atoms in total. The Labute approximate surface area is 82.2 Å². The first-order valence-electron chi connectivity index (χ1n) is 4.02. The minimum absolute atomic E-state index is 0.523. The van der Waals surface area contributed by atoms with Crippen LogP contribution in [0.15, 0.2) is 18.2 Å². The SMILES string of the molecule is Cc1cccc(Cl)c1C(C)C(=O)O. The fourth-order valence-electron chi connectivity index (χ4n) is 1.32. The summed E-state index contributed by atoms with van der Waals surface area (Å²) in [5, 5.41) is 9.35. The Balaban J connectivity index is 3.20. The predicted octanol–water partition coefficient (Wildman–Crippen LogP) is 2.84. The van der Waals surface area contributed by atoms with E-state index in [1.807, 2.05) is 19.1 Å². The lowest BCUT2D eigenvalue weighted by Crippen LogP contribution is -2.09. The van der Waals surface area contributed by atoms with Crippen molar-refractivity contribution in [2.24, 2.45) is 0 Å². The molecule has 13 heavy (non-hydrogen) atoms. The van der Waals surface area contributed by atoms with Gasteiger partial charge in [-0.05, 0) is 31.0 Å². The Hall–Kier alpha value is -1.02. The first kappa shape index (κ1) is 10.1. The van der Waals surface area contributed by atoms with Gasteiger partial charge in [0.2, 0.25) is 0 Å². The second kappa shape index (κ2) is 3.79. The molecule has 0 saturated heterocycles. The van der Waals surface area contributed by atoms with Crippen molar-refractivity contribution in [1.82, 2.24) is 0 Å². The maximum Gasteiger partial charge on any atom is 0.310 e. The second-order valence-corrected chi connectivity index (χ2v) is 3.44. The van der Waals surface area contributed by atoms with E-state index in [4.69, 9.17) is 16.7 Å². The van der Waals surface area contributed by atoms with Crippen molar-refractivity contribution in [3.63, 3.8) is 0 Å². The van der Waals surface area contributed by atoms with Crippen LogP contribution in [-0.2, 0) is 4.79 Å². The van der Waals surface area contributed by atoms with Gasteiger partial charge in [-0.25, -0.2) is 0 Å². The average Bonchev–Trinajstić information content (AvgIpc) is 2.03. The van der Waals surface area contributed by atoms with Crippen molar-refractivity contribution in [2.75, 3.05) is 0 Å². The van der Waals surface area contributed by atoms with E-state index in [2.05, 4.69) is 0 Å². The molecule has 0 fully saturated rings. The summed E-state index contributed by atoms with van der Waals surface area (Å²) in [6.45, 7) is 3.50. The molecule has 1 aromatic rings. The Kier molecular flexibility index (Phi) is 2.94. The lowest BCUT2D eigenvalue weighted by molar-refractivity contribution is -0.138. The molecule has 0 amide bonds. The standard InChI is InChI=1S/C10H11ClO2/c1-6-4-3-5-8(11)9(6)7(2)10(12)13/h3-5,7H,1-2H3,(H,12,13). The van der Waals surface area contributed by atoms with Crippen molar-refractivity contribution in [1.29, 1.82) is 0 Å². The van der Waals surface area contributed by atoms with Crippen LogP contribution in [0.25, 0.3) is 0 Å². The number of hydrogen-bond acceptors (Lipinski definition) is 1. The third-order valence-electron chi connectivity index (χ3n) is 2.07. The summed E-state index contributed by atoms with van der Waals surface area (Å²) >= 11 is 5.91. The highest BCUT2D eigenvalue weighted by molar-refractivity contribution is 6.31. The van der Waals surface area contributed by atoms with Crippen LogP contribution < -0.4 is 0 Å². The van der Waals surface area contributed by atoms with Crippen LogP contribution in [0.4, 0.5) is 0 Å². The van der Waals surface area contributed by atoms with Gasteiger partial charge in [0.1, 0.15) is 0 Å². The van der Waals surface area contributed by atoms with E-state index in [1.54, 1.807) is 13.0 Å². The number of carbonyl (C=O) groups is 1. The second-order valence-electron chi connectivity index (χ2n) is 3.03. The average molecular weight is 199 g/mol. The van der Waals surface area contributed by atoms with Crippen molar-refractivity contribution >= 4 is 17.6 Å². The molecule has 0 radical (unpaired) electrons. The van der Waals surface area contributed by atoms with Gasteiger partial charge in [-0.15, -0.1) is 0 Å². The molecule has 0 aliphatic heterocycles. The molecule has 1 N–H and O–H groups in total. The van der Waals surface area contributed by atoms with Crippen LogP contribution in [0.5, 0.6) is 0 Å². The third-order valence-corrected chi connectivity index (χ3v) is 2.40. The fraction of sp³-hybridized carbons (Fsp3) is 0.300. The van der Waals surface area contributed by atoms with Gasteiger partial charge in [-0.2, -0.15) is 0 Å². The molecular formula is C10H11ClO2. The van der Waals surface area contributed by atoms with E-state index in [0.29, 0.717) is 10.6 Å². The van der Waals surface area contributed by atoms with Crippen LogP contribution in [0.1, 0.15) is 24.0 Å².